The van der Waals surface area contributed by atoms with Crippen LogP contribution in [-0.4, -0.2) is 24.8 Å². The van der Waals surface area contributed by atoms with Crippen molar-refractivity contribution in [2.45, 2.75) is 39.8 Å². The molecule has 0 heterocycles. The highest BCUT2D eigenvalue weighted by Crippen LogP contribution is 2.26. The van der Waals surface area contributed by atoms with Crippen LogP contribution in [0.5, 0.6) is 5.75 Å². The van der Waals surface area contributed by atoms with Crippen LogP contribution in [0.1, 0.15) is 49.5 Å². The van der Waals surface area contributed by atoms with E-state index in [2.05, 4.69) is 24.5 Å². The summed E-state index contributed by atoms with van der Waals surface area (Å²) in [6.45, 7) is 8.01. The molecule has 0 saturated heterocycles. The summed E-state index contributed by atoms with van der Waals surface area (Å²) >= 11 is 0. The molecule has 6 nitrogen and oxygen atoms in total. The standard InChI is InChI=1S/C21H26N2O4/c1-5-26-20(24)16-10-12-17(13-11-16)23-21(25)22-15(4)27-19-9-7-6-8-18(19)14(2)3/h6-15H,5H2,1-4H3,(H2,22,23,25). The average Bonchev–Trinajstić information content (AvgIpc) is 2.62. The number of para-hydroxylation sites is 1. The van der Waals surface area contributed by atoms with Crippen molar-refractivity contribution in [2.75, 3.05) is 11.9 Å². The first-order chi connectivity index (χ1) is 12.9. The number of hydrogen-bond donors (Lipinski definition) is 2. The second-order valence-corrected chi connectivity index (χ2v) is 6.35. The Morgan fingerprint density at radius 3 is 2.30 bits per heavy atom. The molecule has 0 aromatic heterocycles. The van der Waals surface area contributed by atoms with Gasteiger partial charge in [0.15, 0.2) is 6.23 Å². The normalized spacial score (nSPS) is 11.6. The molecule has 1 unspecified atom stereocenters. The summed E-state index contributed by atoms with van der Waals surface area (Å²) in [6, 6.07) is 13.9. The van der Waals surface area contributed by atoms with Crippen LogP contribution in [0.3, 0.4) is 0 Å². The van der Waals surface area contributed by atoms with Crippen LogP contribution in [0.15, 0.2) is 48.5 Å². The van der Waals surface area contributed by atoms with Crippen LogP contribution in [-0.2, 0) is 4.74 Å². The maximum atomic E-state index is 12.2. The van der Waals surface area contributed by atoms with Crippen LogP contribution < -0.4 is 15.4 Å². The van der Waals surface area contributed by atoms with E-state index in [0.717, 1.165) is 11.3 Å². The highest BCUT2D eigenvalue weighted by Gasteiger charge is 2.13. The number of anilines is 1. The number of carbonyl (C=O) groups excluding carboxylic acids is 2. The molecule has 2 amide bonds. The first kappa shape index (κ1) is 20.3. The predicted molar refractivity (Wildman–Crippen MR) is 105 cm³/mol. The van der Waals surface area contributed by atoms with E-state index in [0.29, 0.717) is 23.8 Å². The average molecular weight is 370 g/mol. The third-order valence-corrected chi connectivity index (χ3v) is 3.83. The third kappa shape index (κ3) is 6.02. The molecule has 2 aromatic rings. The number of ether oxygens (including phenoxy) is 2. The van der Waals surface area contributed by atoms with Crippen LogP contribution in [0, 0.1) is 0 Å². The molecule has 6 heteroatoms. The molecule has 0 fully saturated rings. The van der Waals surface area contributed by atoms with E-state index in [9.17, 15) is 9.59 Å². The largest absolute Gasteiger partial charge is 0.471 e. The van der Waals surface area contributed by atoms with Crippen molar-refractivity contribution in [2.24, 2.45) is 0 Å². The number of hydrogen-bond acceptors (Lipinski definition) is 4. The summed E-state index contributed by atoms with van der Waals surface area (Å²) in [4.78, 5) is 23.8. The second kappa shape index (κ2) is 9.62. The molecule has 0 spiro atoms. The summed E-state index contributed by atoms with van der Waals surface area (Å²) in [7, 11) is 0. The van der Waals surface area contributed by atoms with Crippen LogP contribution in [0.2, 0.25) is 0 Å². The Morgan fingerprint density at radius 2 is 1.67 bits per heavy atom. The quantitative estimate of drug-likeness (QED) is 0.554. The molecule has 0 radical (unpaired) electrons. The summed E-state index contributed by atoms with van der Waals surface area (Å²) in [5.74, 6) is 0.679. The SMILES string of the molecule is CCOC(=O)c1ccc(NC(=O)NC(C)Oc2ccccc2C(C)C)cc1. The number of nitrogens with one attached hydrogen (secondary N) is 2. The number of rotatable bonds is 7. The lowest BCUT2D eigenvalue weighted by molar-refractivity contribution is 0.0526. The molecule has 0 aliphatic rings. The Kier molecular flexibility index (Phi) is 7.23. The molecule has 0 aliphatic carbocycles. The van der Waals surface area contributed by atoms with Gasteiger partial charge in [0.2, 0.25) is 0 Å². The summed E-state index contributed by atoms with van der Waals surface area (Å²) in [6.07, 6.45) is -0.510. The molecule has 2 aromatic carbocycles. The fraction of sp³-hybridized carbons (Fsp3) is 0.333. The number of urea groups is 1. The maximum absolute atomic E-state index is 12.2. The van der Waals surface area contributed by atoms with E-state index in [4.69, 9.17) is 9.47 Å². The Labute approximate surface area is 159 Å². The van der Waals surface area contributed by atoms with Crippen LogP contribution in [0.4, 0.5) is 10.5 Å². The number of benzene rings is 2. The highest BCUT2D eigenvalue weighted by molar-refractivity contribution is 5.92. The van der Waals surface area contributed by atoms with E-state index in [1.165, 1.54) is 0 Å². The zero-order chi connectivity index (χ0) is 19.8. The fourth-order valence-corrected chi connectivity index (χ4v) is 2.54. The molecule has 0 bridgehead atoms. The number of amides is 2. The van der Waals surface area contributed by atoms with Crippen LogP contribution in [0.25, 0.3) is 0 Å². The van der Waals surface area contributed by atoms with Gasteiger partial charge in [0, 0.05) is 5.69 Å². The van der Waals surface area contributed by atoms with Gasteiger partial charge >= 0.3 is 12.0 Å². The summed E-state index contributed by atoms with van der Waals surface area (Å²) in [5, 5.41) is 5.45. The Bertz CT molecular complexity index is 772. The van der Waals surface area contributed by atoms with Gasteiger partial charge < -0.3 is 20.1 Å². The van der Waals surface area contributed by atoms with Crippen LogP contribution >= 0.6 is 0 Å². The van der Waals surface area contributed by atoms with E-state index in [1.807, 2.05) is 24.3 Å². The van der Waals surface area contributed by atoms with Crippen molar-refractivity contribution in [3.8, 4) is 5.75 Å². The predicted octanol–water partition coefficient (Wildman–Crippen LogP) is 4.53. The van der Waals surface area contributed by atoms with Gasteiger partial charge in [-0.15, -0.1) is 0 Å². The molecule has 1 atom stereocenters. The Hall–Kier alpha value is -3.02. The van der Waals surface area contributed by atoms with E-state index >= 15 is 0 Å². The monoisotopic (exact) mass is 370 g/mol. The topological polar surface area (TPSA) is 76.7 Å². The lowest BCUT2D eigenvalue weighted by Crippen LogP contribution is -2.39. The van der Waals surface area contributed by atoms with Gasteiger partial charge in [-0.2, -0.15) is 0 Å². The first-order valence-electron chi connectivity index (χ1n) is 9.01. The minimum absolute atomic E-state index is 0.319. The van der Waals surface area contributed by atoms with Crippen molar-refractivity contribution >= 4 is 17.7 Å². The minimum Gasteiger partial charge on any atom is -0.471 e. The van der Waals surface area contributed by atoms with Gasteiger partial charge in [-0.25, -0.2) is 9.59 Å². The first-order valence-corrected chi connectivity index (χ1v) is 9.01. The summed E-state index contributed by atoms with van der Waals surface area (Å²) < 4.78 is 10.8. The van der Waals surface area contributed by atoms with Crippen molar-refractivity contribution in [3.05, 3.63) is 59.7 Å². The van der Waals surface area contributed by atoms with Crippen molar-refractivity contribution < 1.29 is 19.1 Å². The zero-order valence-corrected chi connectivity index (χ0v) is 16.1. The van der Waals surface area contributed by atoms with Gasteiger partial charge in [0.1, 0.15) is 5.75 Å². The van der Waals surface area contributed by atoms with Gasteiger partial charge in [-0.05, 0) is 55.7 Å². The fourth-order valence-electron chi connectivity index (χ4n) is 2.54. The summed E-state index contributed by atoms with van der Waals surface area (Å²) in [5.41, 5.74) is 2.08. The molecule has 27 heavy (non-hydrogen) atoms. The molecule has 144 valence electrons. The second-order valence-electron chi connectivity index (χ2n) is 6.35. The zero-order valence-electron chi connectivity index (χ0n) is 16.1. The molecular weight excluding hydrogens is 344 g/mol. The molecular formula is C21H26N2O4. The van der Waals surface area contributed by atoms with Gasteiger partial charge in [0.05, 0.1) is 12.2 Å². The maximum Gasteiger partial charge on any atom is 0.338 e. The smallest absolute Gasteiger partial charge is 0.338 e. The van der Waals surface area contributed by atoms with E-state index in [-0.39, 0.29) is 5.97 Å². The van der Waals surface area contributed by atoms with Crippen molar-refractivity contribution in [3.63, 3.8) is 0 Å². The van der Waals surface area contributed by atoms with Gasteiger partial charge in [-0.3, -0.25) is 0 Å². The molecule has 2 rings (SSSR count). The number of esters is 1. The lowest BCUT2D eigenvalue weighted by atomic mass is 10.0. The molecule has 2 N–H and O–H groups in total. The van der Waals surface area contributed by atoms with Gasteiger partial charge in [-0.1, -0.05) is 32.0 Å². The Balaban J connectivity index is 1.91. The molecule has 0 aliphatic heterocycles. The lowest BCUT2D eigenvalue weighted by Gasteiger charge is -2.20. The minimum atomic E-state index is -0.510. The van der Waals surface area contributed by atoms with Crippen molar-refractivity contribution in [1.29, 1.82) is 0 Å². The van der Waals surface area contributed by atoms with Crippen molar-refractivity contribution in [1.82, 2.24) is 5.32 Å². The number of carbonyl (C=O) groups is 2. The Morgan fingerprint density at radius 1 is 1.00 bits per heavy atom. The third-order valence-electron chi connectivity index (χ3n) is 3.83. The highest BCUT2D eigenvalue weighted by atomic mass is 16.5. The molecule has 0 saturated carbocycles. The van der Waals surface area contributed by atoms with E-state index < -0.39 is 12.3 Å². The van der Waals surface area contributed by atoms with Gasteiger partial charge in [0.25, 0.3) is 0 Å². The van der Waals surface area contributed by atoms with E-state index in [1.54, 1.807) is 38.1 Å².